The number of nitrogens with zero attached hydrogens (tertiary/aromatic N) is 4. The fourth-order valence-electron chi connectivity index (χ4n) is 3.95. The van der Waals surface area contributed by atoms with Crippen molar-refractivity contribution in [3.63, 3.8) is 0 Å². The Hall–Kier alpha value is -3.43. The maximum Gasteiger partial charge on any atom is 0.239 e. The minimum Gasteiger partial charge on any atom is -0.360 e. The van der Waals surface area contributed by atoms with Gasteiger partial charge < -0.3 is 10.3 Å². The first-order valence-electron chi connectivity index (χ1n) is 11.2. The molecule has 1 aliphatic rings. The maximum absolute atomic E-state index is 12.9. The molecule has 6 rings (SSSR count). The second-order valence-corrected chi connectivity index (χ2v) is 10.5. The number of amides is 1. The van der Waals surface area contributed by atoms with Crippen LogP contribution in [-0.2, 0) is 4.79 Å². The molecule has 1 saturated carbocycles. The molecule has 3 aromatic heterocycles. The van der Waals surface area contributed by atoms with Crippen LogP contribution < -0.4 is 5.32 Å². The quantitative estimate of drug-likeness (QED) is 0.275. The van der Waals surface area contributed by atoms with Crippen LogP contribution in [0.15, 0.2) is 71.3 Å². The first-order valence-corrected chi connectivity index (χ1v) is 12.9. The van der Waals surface area contributed by atoms with Gasteiger partial charge in [0.05, 0.1) is 10.9 Å². The molecule has 9 heteroatoms. The van der Waals surface area contributed by atoms with E-state index in [1.807, 2.05) is 61.0 Å². The third-order valence-corrected chi connectivity index (χ3v) is 7.68. The van der Waals surface area contributed by atoms with Gasteiger partial charge in [0.1, 0.15) is 0 Å². The Morgan fingerprint density at radius 1 is 1.15 bits per heavy atom. The van der Waals surface area contributed by atoms with E-state index in [0.29, 0.717) is 11.2 Å². The van der Waals surface area contributed by atoms with E-state index in [1.54, 1.807) is 0 Å². The molecule has 2 aromatic carbocycles. The Morgan fingerprint density at radius 2 is 1.94 bits per heavy atom. The fraction of sp³-hybridized carbons (Fsp3) is 0.200. The predicted octanol–water partition coefficient (Wildman–Crippen LogP) is 6.00. The van der Waals surface area contributed by atoms with Crippen molar-refractivity contribution in [3.8, 4) is 22.6 Å². The van der Waals surface area contributed by atoms with E-state index in [-0.39, 0.29) is 11.2 Å². The zero-order chi connectivity index (χ0) is 23.1. The standard InChI is InChI=1S/C25H22N6OS2/c1-15(23(32)28-24-27-21(14-33-24)16-7-3-2-4-8-16)34-25-30-29-22(31(25)17-11-12-17)19-13-26-20-10-6-5-9-18(19)20/h2-10,13-15,17,26H,11-12H2,1H3,(H,27,28,32). The number of benzene rings is 2. The molecule has 0 aliphatic heterocycles. The molecule has 0 spiro atoms. The third kappa shape index (κ3) is 4.01. The lowest BCUT2D eigenvalue weighted by Crippen LogP contribution is -2.22. The molecule has 1 amide bonds. The number of anilines is 1. The summed E-state index contributed by atoms with van der Waals surface area (Å²) in [4.78, 5) is 20.8. The van der Waals surface area contributed by atoms with Gasteiger partial charge in [-0.05, 0) is 25.8 Å². The topological polar surface area (TPSA) is 88.5 Å². The number of aromatic amines is 1. The number of carbonyl (C=O) groups is 1. The predicted molar refractivity (Wildman–Crippen MR) is 137 cm³/mol. The molecule has 7 nitrogen and oxygen atoms in total. The monoisotopic (exact) mass is 486 g/mol. The zero-order valence-electron chi connectivity index (χ0n) is 18.4. The van der Waals surface area contributed by atoms with Crippen molar-refractivity contribution in [2.45, 2.75) is 36.2 Å². The number of carbonyl (C=O) groups excluding carboxylic acids is 1. The molecule has 1 fully saturated rings. The first kappa shape index (κ1) is 21.1. The van der Waals surface area contributed by atoms with Crippen LogP contribution in [0.2, 0.25) is 0 Å². The van der Waals surface area contributed by atoms with Crippen LogP contribution in [0.4, 0.5) is 5.13 Å². The molecule has 5 aromatic rings. The average Bonchev–Trinajstić information content (AvgIpc) is 3.25. The number of thiazole rings is 1. The molecule has 1 atom stereocenters. The van der Waals surface area contributed by atoms with Gasteiger partial charge >= 0.3 is 0 Å². The average molecular weight is 487 g/mol. The third-order valence-electron chi connectivity index (χ3n) is 5.86. The Labute approximate surface area is 204 Å². The van der Waals surface area contributed by atoms with Crippen molar-refractivity contribution in [2.75, 3.05) is 5.32 Å². The number of nitrogens with one attached hydrogen (secondary N) is 2. The lowest BCUT2D eigenvalue weighted by atomic mass is 10.1. The molecule has 1 unspecified atom stereocenters. The Kier molecular flexibility index (Phi) is 5.43. The van der Waals surface area contributed by atoms with Crippen LogP contribution in [0.5, 0.6) is 0 Å². The Bertz CT molecular complexity index is 1470. The van der Waals surface area contributed by atoms with Crippen LogP contribution in [0.1, 0.15) is 25.8 Å². The Morgan fingerprint density at radius 3 is 2.76 bits per heavy atom. The molecule has 0 saturated heterocycles. The van der Waals surface area contributed by atoms with Crippen molar-refractivity contribution in [2.24, 2.45) is 0 Å². The van der Waals surface area contributed by atoms with Gasteiger partial charge in [0.15, 0.2) is 16.1 Å². The molecule has 0 bridgehead atoms. The summed E-state index contributed by atoms with van der Waals surface area (Å²) < 4.78 is 2.20. The van der Waals surface area contributed by atoms with Crippen molar-refractivity contribution in [1.29, 1.82) is 0 Å². The van der Waals surface area contributed by atoms with Gasteiger partial charge in [-0.3, -0.25) is 9.36 Å². The Balaban J connectivity index is 1.21. The van der Waals surface area contributed by atoms with Crippen LogP contribution in [0, 0.1) is 0 Å². The number of H-pyrrole nitrogens is 1. The van der Waals surface area contributed by atoms with Crippen LogP contribution in [-0.4, -0.2) is 35.9 Å². The lowest BCUT2D eigenvalue weighted by Gasteiger charge is -2.12. The normalized spacial score (nSPS) is 14.4. The smallest absolute Gasteiger partial charge is 0.239 e. The van der Waals surface area contributed by atoms with Gasteiger partial charge in [0, 0.05) is 39.6 Å². The second kappa shape index (κ2) is 8.73. The summed E-state index contributed by atoms with van der Waals surface area (Å²) in [6, 6.07) is 18.5. The van der Waals surface area contributed by atoms with Gasteiger partial charge in [-0.25, -0.2) is 4.98 Å². The molecule has 3 heterocycles. The highest BCUT2D eigenvalue weighted by Crippen LogP contribution is 2.43. The van der Waals surface area contributed by atoms with Gasteiger partial charge in [0.2, 0.25) is 5.91 Å². The van der Waals surface area contributed by atoms with E-state index < -0.39 is 0 Å². The first-order chi connectivity index (χ1) is 16.7. The number of hydrogen-bond donors (Lipinski definition) is 2. The number of hydrogen-bond acceptors (Lipinski definition) is 6. The van der Waals surface area contributed by atoms with Crippen LogP contribution in [0.3, 0.4) is 0 Å². The van der Waals surface area contributed by atoms with Crippen LogP contribution in [0.25, 0.3) is 33.5 Å². The maximum atomic E-state index is 12.9. The number of thioether (sulfide) groups is 1. The largest absolute Gasteiger partial charge is 0.360 e. The highest BCUT2D eigenvalue weighted by atomic mass is 32.2. The SMILES string of the molecule is CC(Sc1nnc(-c2c[nH]c3ccccc23)n1C1CC1)C(=O)Nc1nc(-c2ccccc2)cs1. The minimum atomic E-state index is -0.346. The highest BCUT2D eigenvalue weighted by Gasteiger charge is 2.32. The molecule has 1 aliphatic carbocycles. The molecule has 0 radical (unpaired) electrons. The number of fused-ring (bicyclic) bond motifs is 1. The van der Waals surface area contributed by atoms with E-state index in [4.69, 9.17) is 0 Å². The van der Waals surface area contributed by atoms with Crippen LogP contribution >= 0.6 is 23.1 Å². The minimum absolute atomic E-state index is 0.0991. The molecule has 2 N–H and O–H groups in total. The fourth-order valence-corrected chi connectivity index (χ4v) is 5.59. The van der Waals surface area contributed by atoms with E-state index in [2.05, 4.69) is 42.2 Å². The molecule has 170 valence electrons. The summed E-state index contributed by atoms with van der Waals surface area (Å²) in [5.41, 5.74) is 4.00. The number of rotatable bonds is 7. The zero-order valence-corrected chi connectivity index (χ0v) is 20.1. The molecular weight excluding hydrogens is 464 g/mol. The van der Waals surface area contributed by atoms with Gasteiger partial charge in [-0.2, -0.15) is 0 Å². The van der Waals surface area contributed by atoms with Crippen molar-refractivity contribution >= 4 is 45.0 Å². The highest BCUT2D eigenvalue weighted by molar-refractivity contribution is 8.00. The van der Waals surface area contributed by atoms with E-state index >= 15 is 0 Å². The second-order valence-electron chi connectivity index (χ2n) is 8.31. The van der Waals surface area contributed by atoms with E-state index in [9.17, 15) is 4.79 Å². The molecular formula is C25H22N6OS2. The summed E-state index contributed by atoms with van der Waals surface area (Å²) in [6.07, 6.45) is 4.19. The lowest BCUT2D eigenvalue weighted by molar-refractivity contribution is -0.115. The van der Waals surface area contributed by atoms with Gasteiger partial charge in [-0.15, -0.1) is 21.5 Å². The van der Waals surface area contributed by atoms with E-state index in [1.165, 1.54) is 23.1 Å². The molecule has 34 heavy (non-hydrogen) atoms. The van der Waals surface area contributed by atoms with Gasteiger partial charge in [-0.1, -0.05) is 60.3 Å². The summed E-state index contributed by atoms with van der Waals surface area (Å²) in [5.74, 6) is 0.750. The van der Waals surface area contributed by atoms with Crippen molar-refractivity contribution in [1.82, 2.24) is 24.7 Å². The number of aromatic nitrogens is 5. The van der Waals surface area contributed by atoms with Crippen molar-refractivity contribution in [3.05, 3.63) is 66.2 Å². The van der Waals surface area contributed by atoms with Gasteiger partial charge in [0.25, 0.3) is 0 Å². The number of para-hydroxylation sites is 1. The summed E-state index contributed by atoms with van der Waals surface area (Å²) in [6.45, 7) is 1.89. The summed E-state index contributed by atoms with van der Waals surface area (Å²) in [7, 11) is 0. The van der Waals surface area contributed by atoms with Crippen molar-refractivity contribution < 1.29 is 4.79 Å². The summed E-state index contributed by atoms with van der Waals surface area (Å²) in [5, 5.41) is 16.1. The van der Waals surface area contributed by atoms with E-state index in [0.717, 1.165) is 51.5 Å². The summed E-state index contributed by atoms with van der Waals surface area (Å²) >= 11 is 2.87.